The molecule has 1 amide bonds. The molecule has 0 saturated heterocycles. The second-order valence-electron chi connectivity index (χ2n) is 5.69. The molecule has 0 radical (unpaired) electrons. The number of nitrogens with one attached hydrogen (secondary N) is 1. The highest BCUT2D eigenvalue weighted by Gasteiger charge is 2.21. The van der Waals surface area contributed by atoms with Gasteiger partial charge in [0.15, 0.2) is 0 Å². The summed E-state index contributed by atoms with van der Waals surface area (Å²) in [6.45, 7) is 6.22. The van der Waals surface area contributed by atoms with Gasteiger partial charge < -0.3 is 9.67 Å². The van der Waals surface area contributed by atoms with Crippen molar-refractivity contribution in [2.45, 2.75) is 46.6 Å². The topological polar surface area (TPSA) is 83.7 Å². The average Bonchev–Trinajstić information content (AvgIpc) is 2.59. The molecule has 0 aliphatic carbocycles. The summed E-state index contributed by atoms with van der Waals surface area (Å²) in [6.07, 6.45) is 2.41. The van der Waals surface area contributed by atoms with Crippen LogP contribution in [0.2, 0.25) is 0 Å². The summed E-state index contributed by atoms with van der Waals surface area (Å²) in [5.74, 6) is -0.994. The molecule has 1 aromatic heterocycles. The Kier molecular flexibility index (Phi) is 5.73. The normalized spacial score (nSPS) is 11.7. The standard InChI is InChI=1S/C18H23N3O3/c1-4-6-11-21-14-10-8-7-9-13(14)16(22)15(18(21)24)17(23)20-19-12(3)5-2/h7-10,22H,4-6,11H2,1-3H3,(H,20,23)/b19-12-. The molecule has 0 saturated carbocycles. The van der Waals surface area contributed by atoms with Crippen molar-refractivity contribution in [2.24, 2.45) is 5.10 Å². The van der Waals surface area contributed by atoms with Gasteiger partial charge in [-0.25, -0.2) is 5.43 Å². The van der Waals surface area contributed by atoms with Crippen molar-refractivity contribution in [3.8, 4) is 5.75 Å². The van der Waals surface area contributed by atoms with Gasteiger partial charge >= 0.3 is 0 Å². The molecule has 0 aliphatic heterocycles. The lowest BCUT2D eigenvalue weighted by Crippen LogP contribution is -2.32. The maximum atomic E-state index is 12.8. The summed E-state index contributed by atoms with van der Waals surface area (Å²) in [5.41, 5.74) is 2.94. The molecule has 0 bridgehead atoms. The van der Waals surface area contributed by atoms with Crippen LogP contribution >= 0.6 is 0 Å². The number of benzene rings is 1. The van der Waals surface area contributed by atoms with E-state index in [2.05, 4.69) is 10.5 Å². The van der Waals surface area contributed by atoms with E-state index in [9.17, 15) is 14.7 Å². The number of hydrazone groups is 1. The molecular weight excluding hydrogens is 306 g/mol. The van der Waals surface area contributed by atoms with Crippen molar-refractivity contribution < 1.29 is 9.90 Å². The minimum atomic E-state index is -0.693. The van der Waals surface area contributed by atoms with E-state index in [1.54, 1.807) is 35.8 Å². The summed E-state index contributed by atoms with van der Waals surface area (Å²) < 4.78 is 1.55. The smallest absolute Gasteiger partial charge is 0.280 e. The Balaban J connectivity index is 2.61. The van der Waals surface area contributed by atoms with Crippen LogP contribution in [0, 0.1) is 0 Å². The average molecular weight is 329 g/mol. The van der Waals surface area contributed by atoms with Crippen LogP contribution in [0.15, 0.2) is 34.2 Å². The van der Waals surface area contributed by atoms with Gasteiger partial charge in [-0.2, -0.15) is 5.10 Å². The first-order valence-corrected chi connectivity index (χ1v) is 8.19. The van der Waals surface area contributed by atoms with Crippen LogP contribution in [-0.2, 0) is 6.54 Å². The van der Waals surface area contributed by atoms with Crippen molar-refractivity contribution in [3.05, 3.63) is 40.2 Å². The lowest BCUT2D eigenvalue weighted by molar-refractivity contribution is 0.0950. The van der Waals surface area contributed by atoms with Crippen molar-refractivity contribution in [2.75, 3.05) is 0 Å². The largest absolute Gasteiger partial charge is 0.506 e. The fraction of sp³-hybridized carbons (Fsp3) is 0.389. The number of carbonyl (C=O) groups is 1. The predicted octanol–water partition coefficient (Wildman–Crippen LogP) is 3.02. The van der Waals surface area contributed by atoms with E-state index in [0.29, 0.717) is 23.9 Å². The third-order valence-electron chi connectivity index (χ3n) is 3.97. The van der Waals surface area contributed by atoms with E-state index < -0.39 is 11.5 Å². The molecule has 1 aromatic carbocycles. The Morgan fingerprint density at radius 2 is 2.00 bits per heavy atom. The van der Waals surface area contributed by atoms with Crippen molar-refractivity contribution in [1.29, 1.82) is 0 Å². The Hall–Kier alpha value is -2.63. The molecule has 6 nitrogen and oxygen atoms in total. The number of para-hydroxylation sites is 1. The number of unbranched alkanes of at least 4 members (excludes halogenated alkanes) is 1. The molecule has 0 atom stereocenters. The van der Waals surface area contributed by atoms with Crippen LogP contribution in [-0.4, -0.2) is 21.3 Å². The first-order chi connectivity index (χ1) is 11.5. The van der Waals surface area contributed by atoms with E-state index in [1.807, 2.05) is 13.8 Å². The monoisotopic (exact) mass is 329 g/mol. The fourth-order valence-electron chi connectivity index (χ4n) is 2.41. The second-order valence-corrected chi connectivity index (χ2v) is 5.69. The highest BCUT2D eigenvalue weighted by molar-refractivity contribution is 6.02. The van der Waals surface area contributed by atoms with E-state index in [1.165, 1.54) is 0 Å². The second kappa shape index (κ2) is 7.77. The van der Waals surface area contributed by atoms with Gasteiger partial charge in [0.05, 0.1) is 5.52 Å². The number of hydrogen-bond donors (Lipinski definition) is 2. The molecule has 0 fully saturated rings. The number of fused-ring (bicyclic) bond motifs is 1. The van der Waals surface area contributed by atoms with E-state index >= 15 is 0 Å². The molecule has 0 spiro atoms. The van der Waals surface area contributed by atoms with Crippen LogP contribution in [0.4, 0.5) is 0 Å². The Bertz CT molecular complexity index is 837. The van der Waals surface area contributed by atoms with Crippen molar-refractivity contribution in [1.82, 2.24) is 9.99 Å². The number of aromatic hydroxyl groups is 1. The molecule has 6 heteroatoms. The van der Waals surface area contributed by atoms with E-state index in [4.69, 9.17) is 0 Å². The summed E-state index contributed by atoms with van der Waals surface area (Å²) >= 11 is 0. The van der Waals surface area contributed by atoms with Gasteiger partial charge in [0.25, 0.3) is 11.5 Å². The number of hydrogen-bond acceptors (Lipinski definition) is 4. The molecule has 24 heavy (non-hydrogen) atoms. The van der Waals surface area contributed by atoms with Crippen LogP contribution in [0.5, 0.6) is 5.75 Å². The zero-order chi connectivity index (χ0) is 17.7. The summed E-state index contributed by atoms with van der Waals surface area (Å²) in [6, 6.07) is 7.03. The van der Waals surface area contributed by atoms with Gasteiger partial charge in [0.2, 0.25) is 0 Å². The zero-order valence-electron chi connectivity index (χ0n) is 14.3. The summed E-state index contributed by atoms with van der Waals surface area (Å²) in [5, 5.41) is 14.9. The number of aromatic nitrogens is 1. The number of rotatable bonds is 6. The summed E-state index contributed by atoms with van der Waals surface area (Å²) in [7, 11) is 0. The van der Waals surface area contributed by atoms with Gasteiger partial charge in [-0.1, -0.05) is 32.4 Å². The Morgan fingerprint density at radius 1 is 1.29 bits per heavy atom. The fourth-order valence-corrected chi connectivity index (χ4v) is 2.41. The molecule has 2 N–H and O–H groups in total. The molecule has 2 aromatic rings. The van der Waals surface area contributed by atoms with Gasteiger partial charge in [-0.15, -0.1) is 0 Å². The van der Waals surface area contributed by atoms with E-state index in [0.717, 1.165) is 18.6 Å². The van der Waals surface area contributed by atoms with Crippen LogP contribution in [0.25, 0.3) is 10.9 Å². The molecule has 0 unspecified atom stereocenters. The maximum absolute atomic E-state index is 12.8. The third kappa shape index (κ3) is 3.48. The highest BCUT2D eigenvalue weighted by Crippen LogP contribution is 2.26. The highest BCUT2D eigenvalue weighted by atomic mass is 16.3. The first-order valence-electron chi connectivity index (χ1n) is 8.19. The zero-order valence-corrected chi connectivity index (χ0v) is 14.3. The number of amides is 1. The van der Waals surface area contributed by atoms with Gasteiger partial charge in [-0.3, -0.25) is 9.59 Å². The van der Waals surface area contributed by atoms with Crippen molar-refractivity contribution >= 4 is 22.5 Å². The first kappa shape index (κ1) is 17.7. The van der Waals surface area contributed by atoms with Gasteiger partial charge in [0, 0.05) is 17.6 Å². The number of pyridine rings is 1. The quantitative estimate of drug-likeness (QED) is 0.631. The van der Waals surface area contributed by atoms with Crippen LogP contribution in [0.1, 0.15) is 50.4 Å². The number of aryl methyl sites for hydroxylation is 1. The van der Waals surface area contributed by atoms with Gasteiger partial charge in [0.1, 0.15) is 11.3 Å². The maximum Gasteiger partial charge on any atom is 0.280 e. The lowest BCUT2D eigenvalue weighted by Gasteiger charge is -2.14. The molecule has 128 valence electrons. The summed E-state index contributed by atoms with van der Waals surface area (Å²) in [4.78, 5) is 25.1. The van der Waals surface area contributed by atoms with Gasteiger partial charge in [-0.05, 0) is 31.9 Å². The molecular formula is C18H23N3O3. The predicted molar refractivity (Wildman–Crippen MR) is 95.6 cm³/mol. The van der Waals surface area contributed by atoms with Crippen molar-refractivity contribution in [3.63, 3.8) is 0 Å². The van der Waals surface area contributed by atoms with E-state index in [-0.39, 0.29) is 11.3 Å². The SMILES string of the molecule is CCCCn1c(=O)c(C(=O)N/N=C(/C)CC)c(O)c2ccccc21. The van der Waals surface area contributed by atoms with Crippen LogP contribution in [0.3, 0.4) is 0 Å². The molecule has 1 heterocycles. The molecule has 2 rings (SSSR count). The third-order valence-corrected chi connectivity index (χ3v) is 3.97. The Labute approximate surface area is 140 Å². The number of nitrogens with zero attached hydrogens (tertiary/aromatic N) is 2. The van der Waals surface area contributed by atoms with Crippen LogP contribution < -0.4 is 11.0 Å². The minimum Gasteiger partial charge on any atom is -0.506 e. The molecule has 0 aliphatic rings. The number of carbonyl (C=O) groups excluding carboxylic acids is 1. The lowest BCUT2D eigenvalue weighted by atomic mass is 10.1. The Morgan fingerprint density at radius 3 is 2.67 bits per heavy atom. The minimum absolute atomic E-state index is 0.266.